The lowest BCUT2D eigenvalue weighted by Gasteiger charge is -2.31. The van der Waals surface area contributed by atoms with Crippen LogP contribution in [0.5, 0.6) is 0 Å². The first kappa shape index (κ1) is 17.5. The molecule has 18 heavy (non-hydrogen) atoms. The molecule has 2 N–H and O–H groups in total. The molecule has 0 saturated carbocycles. The Balaban J connectivity index is 4.72. The predicted molar refractivity (Wildman–Crippen MR) is 51.0 cm³/mol. The molecular formula is C9H15F6NO2. The normalized spacial score (nSPS) is 17.0. The molecule has 1 unspecified atom stereocenters. The smallest absolute Gasteiger partial charge is 0.394 e. The van der Waals surface area contributed by atoms with Crippen molar-refractivity contribution < 1.29 is 36.2 Å². The Morgan fingerprint density at radius 1 is 1.11 bits per heavy atom. The number of halogens is 6. The van der Waals surface area contributed by atoms with Gasteiger partial charge in [0.25, 0.3) is 0 Å². The summed E-state index contributed by atoms with van der Waals surface area (Å²) in [7, 11) is 0. The molecule has 9 heteroatoms. The average molecular weight is 283 g/mol. The van der Waals surface area contributed by atoms with E-state index in [9.17, 15) is 26.3 Å². The van der Waals surface area contributed by atoms with Crippen molar-refractivity contribution in [3.63, 3.8) is 0 Å². The number of hydrogen-bond acceptors (Lipinski definition) is 3. The van der Waals surface area contributed by atoms with Crippen LogP contribution in [0.15, 0.2) is 0 Å². The second-order valence-corrected chi connectivity index (χ2v) is 4.02. The number of alkyl halides is 6. The number of aliphatic hydroxyl groups excluding tert-OH is 1. The predicted octanol–water partition coefficient (Wildman–Crippen LogP) is 1.86. The molecule has 0 bridgehead atoms. The third kappa shape index (κ3) is 5.40. The molecule has 0 heterocycles. The summed E-state index contributed by atoms with van der Waals surface area (Å²) in [5.74, 6) is 0. The summed E-state index contributed by atoms with van der Waals surface area (Å²) in [5, 5.41) is 11.5. The van der Waals surface area contributed by atoms with E-state index in [2.05, 4.69) is 10.1 Å². The van der Waals surface area contributed by atoms with Crippen LogP contribution >= 0.6 is 0 Å². The van der Waals surface area contributed by atoms with Gasteiger partial charge in [0.2, 0.25) is 6.10 Å². The van der Waals surface area contributed by atoms with Crippen molar-refractivity contribution in [1.82, 2.24) is 5.32 Å². The SMILES string of the molecule is CCNC(C)(CO)COC(C(F)(F)F)C(F)(F)F. The van der Waals surface area contributed by atoms with Gasteiger partial charge in [-0.25, -0.2) is 0 Å². The molecule has 3 nitrogen and oxygen atoms in total. The number of rotatable bonds is 6. The van der Waals surface area contributed by atoms with Crippen molar-refractivity contribution in [2.75, 3.05) is 19.8 Å². The summed E-state index contributed by atoms with van der Waals surface area (Å²) in [6.07, 6.45) is -14.9. The summed E-state index contributed by atoms with van der Waals surface area (Å²) in [4.78, 5) is 0. The number of ether oxygens (including phenoxy) is 1. The van der Waals surface area contributed by atoms with E-state index in [1.807, 2.05) is 0 Å². The fraction of sp³-hybridized carbons (Fsp3) is 1.00. The van der Waals surface area contributed by atoms with E-state index >= 15 is 0 Å². The van der Waals surface area contributed by atoms with Crippen LogP contribution in [0.25, 0.3) is 0 Å². The van der Waals surface area contributed by atoms with E-state index < -0.39 is 37.2 Å². The van der Waals surface area contributed by atoms with E-state index in [-0.39, 0.29) is 6.54 Å². The van der Waals surface area contributed by atoms with Crippen LogP contribution in [0.4, 0.5) is 26.3 Å². The monoisotopic (exact) mass is 283 g/mol. The summed E-state index contributed by atoms with van der Waals surface area (Å²) >= 11 is 0. The molecule has 1 atom stereocenters. The third-order valence-corrected chi connectivity index (χ3v) is 2.12. The van der Waals surface area contributed by atoms with Gasteiger partial charge in [0, 0.05) is 0 Å². The van der Waals surface area contributed by atoms with Gasteiger partial charge in [-0.3, -0.25) is 0 Å². The molecule has 0 aromatic rings. The van der Waals surface area contributed by atoms with Crippen molar-refractivity contribution in [3.05, 3.63) is 0 Å². The highest BCUT2D eigenvalue weighted by atomic mass is 19.4. The largest absolute Gasteiger partial charge is 0.423 e. The highest BCUT2D eigenvalue weighted by Crippen LogP contribution is 2.36. The van der Waals surface area contributed by atoms with Gasteiger partial charge in [0.1, 0.15) is 0 Å². The van der Waals surface area contributed by atoms with Gasteiger partial charge < -0.3 is 15.2 Å². The van der Waals surface area contributed by atoms with E-state index in [0.717, 1.165) is 0 Å². The lowest BCUT2D eigenvalue weighted by Crippen LogP contribution is -2.53. The first-order chi connectivity index (χ1) is 7.96. The van der Waals surface area contributed by atoms with E-state index in [4.69, 9.17) is 5.11 Å². The van der Waals surface area contributed by atoms with E-state index in [0.29, 0.717) is 0 Å². The first-order valence-corrected chi connectivity index (χ1v) is 5.07. The van der Waals surface area contributed by atoms with Crippen molar-refractivity contribution in [3.8, 4) is 0 Å². The number of hydrogen-bond donors (Lipinski definition) is 2. The molecule has 0 aromatic heterocycles. The lowest BCUT2D eigenvalue weighted by atomic mass is 10.1. The molecule has 0 aromatic carbocycles. The van der Waals surface area contributed by atoms with Crippen LogP contribution < -0.4 is 5.32 Å². The van der Waals surface area contributed by atoms with Crippen molar-refractivity contribution in [2.45, 2.75) is 37.8 Å². The minimum atomic E-state index is -5.54. The highest BCUT2D eigenvalue weighted by molar-refractivity contribution is 4.84. The fourth-order valence-electron chi connectivity index (χ4n) is 1.22. The number of likely N-dealkylation sites (N-methyl/N-ethyl adjacent to an activating group) is 1. The maximum Gasteiger partial charge on any atom is 0.423 e. The summed E-state index contributed by atoms with van der Waals surface area (Å²) < 4.78 is 76.8. The van der Waals surface area contributed by atoms with E-state index in [1.165, 1.54) is 6.92 Å². The molecule has 0 radical (unpaired) electrons. The van der Waals surface area contributed by atoms with Crippen LogP contribution in [0.3, 0.4) is 0 Å². The highest BCUT2D eigenvalue weighted by Gasteiger charge is 2.58. The molecule has 0 rings (SSSR count). The van der Waals surface area contributed by atoms with Crippen LogP contribution in [0.2, 0.25) is 0 Å². The van der Waals surface area contributed by atoms with Crippen molar-refractivity contribution in [1.29, 1.82) is 0 Å². The van der Waals surface area contributed by atoms with Crippen molar-refractivity contribution in [2.24, 2.45) is 0 Å². The minimum absolute atomic E-state index is 0.267. The molecule has 0 amide bonds. The Kier molecular flexibility index (Phi) is 5.89. The molecule has 0 aliphatic heterocycles. The summed E-state index contributed by atoms with van der Waals surface area (Å²) in [6, 6.07) is 0. The topological polar surface area (TPSA) is 41.5 Å². The molecular weight excluding hydrogens is 268 g/mol. The van der Waals surface area contributed by atoms with Crippen molar-refractivity contribution >= 4 is 0 Å². The van der Waals surface area contributed by atoms with Gasteiger partial charge in [-0.1, -0.05) is 6.92 Å². The number of aliphatic hydroxyl groups is 1. The van der Waals surface area contributed by atoms with Crippen LogP contribution in [0.1, 0.15) is 13.8 Å². The van der Waals surface area contributed by atoms with Gasteiger partial charge in [-0.05, 0) is 13.5 Å². The molecule has 0 spiro atoms. The Morgan fingerprint density at radius 3 is 1.83 bits per heavy atom. The van der Waals surface area contributed by atoms with E-state index in [1.54, 1.807) is 6.92 Å². The molecule has 110 valence electrons. The summed E-state index contributed by atoms with van der Waals surface area (Å²) in [5.41, 5.74) is -1.36. The van der Waals surface area contributed by atoms with Gasteiger partial charge in [0.15, 0.2) is 0 Å². The summed E-state index contributed by atoms with van der Waals surface area (Å²) in [6.45, 7) is 1.56. The van der Waals surface area contributed by atoms with Crippen LogP contribution in [-0.4, -0.2) is 48.9 Å². The van der Waals surface area contributed by atoms with Gasteiger partial charge >= 0.3 is 12.4 Å². The minimum Gasteiger partial charge on any atom is -0.394 e. The molecule has 0 aliphatic rings. The second-order valence-electron chi connectivity index (χ2n) is 4.02. The quantitative estimate of drug-likeness (QED) is 0.731. The molecule has 0 fully saturated rings. The molecule has 0 saturated heterocycles. The zero-order chi connectivity index (χ0) is 14.6. The maximum atomic E-state index is 12.2. The second kappa shape index (κ2) is 6.07. The Bertz CT molecular complexity index is 240. The van der Waals surface area contributed by atoms with Gasteiger partial charge in [0.05, 0.1) is 18.8 Å². The molecule has 0 aliphatic carbocycles. The third-order valence-electron chi connectivity index (χ3n) is 2.12. The zero-order valence-electron chi connectivity index (χ0n) is 9.82. The fourth-order valence-corrected chi connectivity index (χ4v) is 1.22. The Hall–Kier alpha value is -0.540. The van der Waals surface area contributed by atoms with Crippen LogP contribution in [0, 0.1) is 0 Å². The standard InChI is InChI=1S/C9H15F6NO2/c1-3-16-7(2,4-17)5-18-6(8(10,11)12)9(13,14)15/h6,16-17H,3-5H2,1-2H3. The van der Waals surface area contributed by atoms with Crippen LogP contribution in [-0.2, 0) is 4.74 Å². The average Bonchev–Trinajstić information content (AvgIpc) is 2.14. The zero-order valence-corrected chi connectivity index (χ0v) is 9.82. The Morgan fingerprint density at radius 2 is 1.56 bits per heavy atom. The lowest BCUT2D eigenvalue weighted by molar-refractivity contribution is -0.324. The van der Waals surface area contributed by atoms with Gasteiger partial charge in [-0.15, -0.1) is 0 Å². The Labute approximate surface area is 100 Å². The maximum absolute atomic E-state index is 12.2. The van der Waals surface area contributed by atoms with Gasteiger partial charge in [-0.2, -0.15) is 26.3 Å². The first-order valence-electron chi connectivity index (χ1n) is 5.07. The number of nitrogens with one attached hydrogen (secondary N) is 1.